The van der Waals surface area contributed by atoms with Crippen molar-refractivity contribution in [3.8, 4) is 0 Å². The van der Waals surface area contributed by atoms with E-state index in [1.807, 2.05) is 23.1 Å². The van der Waals surface area contributed by atoms with E-state index < -0.39 is 0 Å². The van der Waals surface area contributed by atoms with Crippen molar-refractivity contribution in [1.29, 1.82) is 0 Å². The number of amides is 2. The largest absolute Gasteiger partial charge is 0.378 e. The molecule has 130 valence electrons. The molecule has 2 aliphatic heterocycles. The first-order chi connectivity index (χ1) is 11.7. The lowest BCUT2D eigenvalue weighted by Gasteiger charge is -2.29. The van der Waals surface area contributed by atoms with Gasteiger partial charge in [0.1, 0.15) is 0 Å². The van der Waals surface area contributed by atoms with E-state index >= 15 is 0 Å². The smallest absolute Gasteiger partial charge is 0.227 e. The highest BCUT2D eigenvalue weighted by Crippen LogP contribution is 2.30. The van der Waals surface area contributed by atoms with Gasteiger partial charge in [-0.15, -0.1) is 0 Å². The summed E-state index contributed by atoms with van der Waals surface area (Å²) in [7, 11) is 0. The Morgan fingerprint density at radius 2 is 2.25 bits per heavy atom. The highest BCUT2D eigenvalue weighted by atomic mass is 16.5. The monoisotopic (exact) mass is 330 g/mol. The van der Waals surface area contributed by atoms with Crippen molar-refractivity contribution < 1.29 is 14.3 Å². The van der Waals surface area contributed by atoms with Gasteiger partial charge in [-0.2, -0.15) is 0 Å². The van der Waals surface area contributed by atoms with Crippen LogP contribution >= 0.6 is 0 Å². The molecule has 1 fully saturated rings. The van der Waals surface area contributed by atoms with E-state index in [2.05, 4.69) is 12.2 Å². The summed E-state index contributed by atoms with van der Waals surface area (Å²) < 4.78 is 5.56. The number of benzene rings is 1. The van der Waals surface area contributed by atoms with Crippen LogP contribution in [0.4, 0.5) is 11.4 Å². The molecular weight excluding hydrogens is 304 g/mol. The Labute approximate surface area is 143 Å². The van der Waals surface area contributed by atoms with Crippen LogP contribution < -0.4 is 10.2 Å². The third-order valence-electron chi connectivity index (χ3n) is 4.73. The van der Waals surface area contributed by atoms with E-state index in [0.29, 0.717) is 12.8 Å². The van der Waals surface area contributed by atoms with Gasteiger partial charge in [-0.1, -0.05) is 6.92 Å². The average molecular weight is 330 g/mol. The number of rotatable bonds is 6. The maximum absolute atomic E-state index is 12.1. The van der Waals surface area contributed by atoms with E-state index in [-0.39, 0.29) is 17.9 Å². The summed E-state index contributed by atoms with van der Waals surface area (Å²) in [6.07, 6.45) is 5.91. The van der Waals surface area contributed by atoms with Crippen molar-refractivity contribution in [2.45, 2.75) is 58.0 Å². The van der Waals surface area contributed by atoms with Gasteiger partial charge in [0, 0.05) is 37.4 Å². The minimum Gasteiger partial charge on any atom is -0.378 e. The molecule has 1 saturated heterocycles. The zero-order valence-corrected chi connectivity index (χ0v) is 14.3. The summed E-state index contributed by atoms with van der Waals surface area (Å²) in [6.45, 7) is 3.65. The number of carbonyl (C=O) groups is 2. The van der Waals surface area contributed by atoms with Crippen LogP contribution in [-0.2, 0) is 20.7 Å². The van der Waals surface area contributed by atoms with Gasteiger partial charge in [-0.05, 0) is 55.9 Å². The minimum atomic E-state index is 0.0303. The molecule has 2 amide bonds. The lowest BCUT2D eigenvalue weighted by atomic mass is 10.00. The molecular formula is C19H26N2O3. The molecule has 0 saturated carbocycles. The first-order valence-electron chi connectivity index (χ1n) is 9.02. The Balaban J connectivity index is 1.61. The van der Waals surface area contributed by atoms with Crippen LogP contribution in [-0.4, -0.2) is 31.1 Å². The highest BCUT2D eigenvalue weighted by Gasteiger charge is 2.23. The van der Waals surface area contributed by atoms with Crippen molar-refractivity contribution in [2.75, 3.05) is 23.4 Å². The Morgan fingerprint density at radius 3 is 3.00 bits per heavy atom. The van der Waals surface area contributed by atoms with Crippen molar-refractivity contribution in [1.82, 2.24) is 0 Å². The first kappa shape index (κ1) is 17.0. The van der Waals surface area contributed by atoms with Gasteiger partial charge < -0.3 is 15.0 Å². The number of ether oxygens (including phenoxy) is 1. The van der Waals surface area contributed by atoms with Gasteiger partial charge in [0.2, 0.25) is 11.8 Å². The quantitative estimate of drug-likeness (QED) is 0.871. The molecule has 3 rings (SSSR count). The molecule has 5 nitrogen and oxygen atoms in total. The third-order valence-corrected chi connectivity index (χ3v) is 4.73. The SMILES string of the molecule is CCCN1C(=O)CCc2cc(NC(=O)CC[C@H]3CCCO3)ccc21. The molecule has 0 radical (unpaired) electrons. The molecule has 0 spiro atoms. The molecule has 0 bridgehead atoms. The number of carbonyl (C=O) groups excluding carboxylic acids is 2. The van der Waals surface area contributed by atoms with Crippen LogP contribution in [0.1, 0.15) is 51.0 Å². The normalized spacial score (nSPS) is 20.1. The number of nitrogens with zero attached hydrogens (tertiary/aromatic N) is 1. The summed E-state index contributed by atoms with van der Waals surface area (Å²) in [5.41, 5.74) is 2.95. The molecule has 1 atom stereocenters. The topological polar surface area (TPSA) is 58.6 Å². The fraction of sp³-hybridized carbons (Fsp3) is 0.579. The van der Waals surface area contributed by atoms with Crippen LogP contribution in [0.3, 0.4) is 0 Å². The Bertz CT molecular complexity index is 609. The van der Waals surface area contributed by atoms with E-state index in [9.17, 15) is 9.59 Å². The zero-order valence-electron chi connectivity index (χ0n) is 14.3. The fourth-order valence-corrected chi connectivity index (χ4v) is 3.49. The molecule has 0 aliphatic carbocycles. The Hall–Kier alpha value is -1.88. The lowest BCUT2D eigenvalue weighted by molar-refractivity contribution is -0.119. The number of anilines is 2. The van der Waals surface area contributed by atoms with Crippen LogP contribution in [0.2, 0.25) is 0 Å². The van der Waals surface area contributed by atoms with Gasteiger partial charge in [0.25, 0.3) is 0 Å². The van der Waals surface area contributed by atoms with Crippen molar-refractivity contribution in [3.05, 3.63) is 23.8 Å². The molecule has 5 heteroatoms. The molecule has 2 heterocycles. The zero-order chi connectivity index (χ0) is 16.9. The number of nitrogens with one attached hydrogen (secondary N) is 1. The summed E-state index contributed by atoms with van der Waals surface area (Å²) in [5.74, 6) is 0.223. The van der Waals surface area contributed by atoms with Crippen molar-refractivity contribution in [2.24, 2.45) is 0 Å². The van der Waals surface area contributed by atoms with Crippen molar-refractivity contribution in [3.63, 3.8) is 0 Å². The van der Waals surface area contributed by atoms with Gasteiger partial charge in [0.15, 0.2) is 0 Å². The summed E-state index contributed by atoms with van der Waals surface area (Å²) in [6, 6.07) is 5.86. The summed E-state index contributed by atoms with van der Waals surface area (Å²) in [4.78, 5) is 26.1. The highest BCUT2D eigenvalue weighted by molar-refractivity contribution is 5.97. The molecule has 2 aliphatic rings. The van der Waals surface area contributed by atoms with Crippen molar-refractivity contribution >= 4 is 23.2 Å². The van der Waals surface area contributed by atoms with Crippen LogP contribution in [0, 0.1) is 0 Å². The predicted molar refractivity (Wildman–Crippen MR) is 94.2 cm³/mol. The Kier molecular flexibility index (Phi) is 5.51. The molecule has 0 unspecified atom stereocenters. The first-order valence-corrected chi connectivity index (χ1v) is 9.02. The van der Waals surface area contributed by atoms with E-state index in [0.717, 1.165) is 62.2 Å². The van der Waals surface area contributed by atoms with Crippen LogP contribution in [0.25, 0.3) is 0 Å². The molecule has 0 aromatic heterocycles. The summed E-state index contributed by atoms with van der Waals surface area (Å²) in [5, 5.41) is 2.98. The predicted octanol–water partition coefficient (Wildman–Crippen LogP) is 3.27. The molecule has 1 aromatic carbocycles. The van der Waals surface area contributed by atoms with Gasteiger partial charge >= 0.3 is 0 Å². The maximum Gasteiger partial charge on any atom is 0.227 e. The minimum absolute atomic E-state index is 0.0303. The molecule has 1 aromatic rings. The molecule has 24 heavy (non-hydrogen) atoms. The second kappa shape index (κ2) is 7.79. The number of hydrogen-bond donors (Lipinski definition) is 1. The Morgan fingerprint density at radius 1 is 1.38 bits per heavy atom. The van der Waals surface area contributed by atoms with E-state index in [1.165, 1.54) is 0 Å². The van der Waals surface area contributed by atoms with Gasteiger partial charge in [-0.25, -0.2) is 0 Å². The molecule has 1 N–H and O–H groups in total. The van der Waals surface area contributed by atoms with Gasteiger partial charge in [0.05, 0.1) is 6.10 Å². The average Bonchev–Trinajstić information content (AvgIpc) is 3.09. The summed E-state index contributed by atoms with van der Waals surface area (Å²) >= 11 is 0. The van der Waals surface area contributed by atoms with E-state index in [4.69, 9.17) is 4.74 Å². The lowest BCUT2D eigenvalue weighted by Crippen LogP contribution is -2.35. The number of hydrogen-bond acceptors (Lipinski definition) is 3. The maximum atomic E-state index is 12.1. The second-order valence-corrected chi connectivity index (χ2v) is 6.61. The number of fused-ring (bicyclic) bond motifs is 1. The van der Waals surface area contributed by atoms with Gasteiger partial charge in [-0.3, -0.25) is 9.59 Å². The third kappa shape index (κ3) is 3.96. The van der Waals surface area contributed by atoms with Crippen LogP contribution in [0.5, 0.6) is 0 Å². The van der Waals surface area contributed by atoms with E-state index in [1.54, 1.807) is 0 Å². The second-order valence-electron chi connectivity index (χ2n) is 6.61. The number of aryl methyl sites for hydroxylation is 1. The fourth-order valence-electron chi connectivity index (χ4n) is 3.49. The van der Waals surface area contributed by atoms with Crippen LogP contribution in [0.15, 0.2) is 18.2 Å². The standard InChI is InChI=1S/C19H26N2O3/c1-2-11-21-17-8-6-15(13-14(17)5-10-19(21)23)20-18(22)9-7-16-4-3-12-24-16/h6,8,13,16H,2-5,7,9-12H2,1H3,(H,20,22)/t16-/m1/s1.